The first-order valence-electron chi connectivity index (χ1n) is 9.95. The summed E-state index contributed by atoms with van der Waals surface area (Å²) in [6.45, 7) is 1.32. The minimum absolute atomic E-state index is 0.0463. The van der Waals surface area contributed by atoms with Gasteiger partial charge in [0, 0.05) is 24.2 Å². The summed E-state index contributed by atoms with van der Waals surface area (Å²) in [5.74, 6) is 0.251. The highest BCUT2D eigenvalue weighted by atomic mass is 32.2. The monoisotopic (exact) mass is 467 g/mol. The molecule has 10 heteroatoms. The normalized spacial score (nSPS) is 12.8. The van der Waals surface area contributed by atoms with Gasteiger partial charge >= 0.3 is 0 Å². The third-order valence-electron chi connectivity index (χ3n) is 5.04. The zero-order chi connectivity index (χ0) is 22.1. The first kappa shape index (κ1) is 20.7. The van der Waals surface area contributed by atoms with Crippen LogP contribution in [0.2, 0.25) is 0 Å². The molecule has 2 aromatic carbocycles. The standard InChI is InChI=1S/C22H18FN5O2S2/c23-14-5-7-15(8-6-14)24-19(29)13-32-22-25-16(12-31-22)11-20(30)28-10-9-27-18-4-2-1-3-17(18)26-21(27)28/h1-8,12H,9-11,13H2,(H,24,29). The van der Waals surface area contributed by atoms with Crippen molar-refractivity contribution in [1.29, 1.82) is 0 Å². The summed E-state index contributed by atoms with van der Waals surface area (Å²) in [5.41, 5.74) is 3.13. The maximum atomic E-state index is 13.0. The van der Waals surface area contributed by atoms with Gasteiger partial charge in [-0.15, -0.1) is 11.3 Å². The molecule has 7 nitrogen and oxygen atoms in total. The molecule has 0 saturated carbocycles. The zero-order valence-corrected chi connectivity index (χ0v) is 18.5. The van der Waals surface area contributed by atoms with E-state index in [0.717, 1.165) is 21.9 Å². The number of thioether (sulfide) groups is 1. The Labute approximate surface area is 191 Å². The van der Waals surface area contributed by atoms with Gasteiger partial charge in [-0.2, -0.15) is 0 Å². The molecule has 0 spiro atoms. The van der Waals surface area contributed by atoms with Gasteiger partial charge in [0.25, 0.3) is 0 Å². The number of nitrogens with one attached hydrogen (secondary N) is 1. The van der Waals surface area contributed by atoms with E-state index in [1.54, 1.807) is 4.90 Å². The topological polar surface area (TPSA) is 80.1 Å². The quantitative estimate of drug-likeness (QED) is 0.435. The largest absolute Gasteiger partial charge is 0.325 e. The number of carbonyl (C=O) groups excluding carboxylic acids is 2. The Hall–Kier alpha value is -3.24. The molecule has 3 heterocycles. The number of rotatable bonds is 6. The Kier molecular flexibility index (Phi) is 5.62. The molecule has 1 aliphatic heterocycles. The molecule has 0 saturated heterocycles. The summed E-state index contributed by atoms with van der Waals surface area (Å²) in [7, 11) is 0. The summed E-state index contributed by atoms with van der Waals surface area (Å²) < 4.78 is 15.7. The average molecular weight is 468 g/mol. The number of benzene rings is 2. The molecule has 0 radical (unpaired) electrons. The molecule has 0 atom stereocenters. The van der Waals surface area contributed by atoms with E-state index < -0.39 is 0 Å². The van der Waals surface area contributed by atoms with Crippen LogP contribution in [0.5, 0.6) is 0 Å². The molecule has 0 bridgehead atoms. The lowest BCUT2D eigenvalue weighted by Crippen LogP contribution is -2.31. The van der Waals surface area contributed by atoms with Crippen molar-refractivity contribution >= 4 is 57.6 Å². The average Bonchev–Trinajstić information content (AvgIpc) is 3.49. The van der Waals surface area contributed by atoms with Crippen molar-refractivity contribution in [2.45, 2.75) is 17.3 Å². The van der Waals surface area contributed by atoms with Crippen molar-refractivity contribution in [1.82, 2.24) is 14.5 Å². The van der Waals surface area contributed by atoms with E-state index in [1.165, 1.54) is 47.4 Å². The van der Waals surface area contributed by atoms with Crippen molar-refractivity contribution in [3.05, 3.63) is 65.4 Å². The van der Waals surface area contributed by atoms with E-state index in [0.29, 0.717) is 23.9 Å². The number of amides is 2. The van der Waals surface area contributed by atoms with Crippen LogP contribution < -0.4 is 10.2 Å². The molecule has 2 amide bonds. The van der Waals surface area contributed by atoms with Crippen molar-refractivity contribution in [3.63, 3.8) is 0 Å². The molecule has 32 heavy (non-hydrogen) atoms. The van der Waals surface area contributed by atoms with Crippen LogP contribution in [0.15, 0.2) is 58.3 Å². The van der Waals surface area contributed by atoms with Gasteiger partial charge in [0.2, 0.25) is 17.8 Å². The molecule has 5 rings (SSSR count). The Morgan fingerprint density at radius 2 is 1.91 bits per heavy atom. The molecule has 1 aliphatic rings. The molecule has 0 aliphatic carbocycles. The van der Waals surface area contributed by atoms with E-state index in [2.05, 4.69) is 19.9 Å². The molecule has 2 aromatic heterocycles. The van der Waals surface area contributed by atoms with Gasteiger partial charge in [-0.3, -0.25) is 14.5 Å². The predicted octanol–water partition coefficient (Wildman–Crippen LogP) is 3.95. The van der Waals surface area contributed by atoms with Gasteiger partial charge < -0.3 is 9.88 Å². The second-order valence-corrected chi connectivity index (χ2v) is 9.30. The van der Waals surface area contributed by atoms with Crippen molar-refractivity contribution in [2.24, 2.45) is 0 Å². The number of hydrogen-bond acceptors (Lipinski definition) is 6. The number of carbonyl (C=O) groups is 2. The highest BCUT2D eigenvalue weighted by Gasteiger charge is 2.28. The van der Waals surface area contributed by atoms with E-state index >= 15 is 0 Å². The first-order chi connectivity index (χ1) is 15.6. The smallest absolute Gasteiger partial charge is 0.235 e. The molecule has 0 fully saturated rings. The third kappa shape index (κ3) is 4.23. The Bertz CT molecular complexity index is 1300. The number of thiazole rings is 1. The molecule has 4 aromatic rings. The number of imidazole rings is 1. The molecular formula is C22H18FN5O2S2. The van der Waals surface area contributed by atoms with E-state index in [1.807, 2.05) is 29.6 Å². The Balaban J connectivity index is 1.17. The van der Waals surface area contributed by atoms with Crippen LogP contribution in [-0.2, 0) is 22.6 Å². The maximum Gasteiger partial charge on any atom is 0.235 e. The number of fused-ring (bicyclic) bond motifs is 3. The summed E-state index contributed by atoms with van der Waals surface area (Å²) in [6.07, 6.45) is 0.183. The summed E-state index contributed by atoms with van der Waals surface area (Å²) in [5, 5.41) is 4.56. The van der Waals surface area contributed by atoms with E-state index in [9.17, 15) is 14.0 Å². The summed E-state index contributed by atoms with van der Waals surface area (Å²) in [6, 6.07) is 13.5. The lowest BCUT2D eigenvalue weighted by molar-refractivity contribution is -0.118. The first-order valence-corrected chi connectivity index (χ1v) is 11.8. The van der Waals surface area contributed by atoms with Crippen LogP contribution in [-0.4, -0.2) is 38.6 Å². The Morgan fingerprint density at radius 3 is 2.75 bits per heavy atom. The molecule has 1 N–H and O–H groups in total. The molecular weight excluding hydrogens is 449 g/mol. The number of anilines is 2. The predicted molar refractivity (Wildman–Crippen MR) is 124 cm³/mol. The van der Waals surface area contributed by atoms with Gasteiger partial charge in [0.1, 0.15) is 5.82 Å². The highest BCUT2D eigenvalue weighted by molar-refractivity contribution is 8.01. The zero-order valence-electron chi connectivity index (χ0n) is 16.8. The highest BCUT2D eigenvalue weighted by Crippen LogP contribution is 2.28. The van der Waals surface area contributed by atoms with Crippen LogP contribution >= 0.6 is 23.1 Å². The maximum absolute atomic E-state index is 13.0. The van der Waals surface area contributed by atoms with Crippen LogP contribution in [0.25, 0.3) is 11.0 Å². The summed E-state index contributed by atoms with van der Waals surface area (Å²) in [4.78, 5) is 35.8. The van der Waals surface area contributed by atoms with Crippen molar-refractivity contribution in [2.75, 3.05) is 22.5 Å². The lowest BCUT2D eigenvalue weighted by Gasteiger charge is -2.12. The number of aromatic nitrogens is 3. The van der Waals surface area contributed by atoms with E-state index in [4.69, 9.17) is 0 Å². The number of para-hydroxylation sites is 2. The van der Waals surface area contributed by atoms with Crippen LogP contribution in [0.3, 0.4) is 0 Å². The minimum Gasteiger partial charge on any atom is -0.325 e. The molecule has 162 valence electrons. The fourth-order valence-corrected chi connectivity index (χ4v) is 5.21. The SMILES string of the molecule is O=C(CSc1nc(CC(=O)N2CCn3c2nc2ccccc23)cs1)Nc1ccc(F)cc1. The second-order valence-electron chi connectivity index (χ2n) is 7.22. The Morgan fingerprint density at radius 1 is 1.09 bits per heavy atom. The van der Waals surface area contributed by atoms with Crippen LogP contribution in [0.4, 0.5) is 16.0 Å². The van der Waals surface area contributed by atoms with Crippen LogP contribution in [0, 0.1) is 5.82 Å². The van der Waals surface area contributed by atoms with Crippen molar-refractivity contribution < 1.29 is 14.0 Å². The minimum atomic E-state index is -0.353. The fourth-order valence-electron chi connectivity index (χ4n) is 3.57. The van der Waals surface area contributed by atoms with Crippen LogP contribution in [0.1, 0.15) is 5.69 Å². The van der Waals surface area contributed by atoms with Gasteiger partial charge in [0.15, 0.2) is 4.34 Å². The van der Waals surface area contributed by atoms with Gasteiger partial charge in [-0.1, -0.05) is 23.9 Å². The van der Waals surface area contributed by atoms with Gasteiger partial charge in [-0.05, 0) is 36.4 Å². The van der Waals surface area contributed by atoms with E-state index in [-0.39, 0.29) is 29.8 Å². The van der Waals surface area contributed by atoms with Crippen molar-refractivity contribution in [3.8, 4) is 0 Å². The number of hydrogen-bond donors (Lipinski definition) is 1. The van der Waals surface area contributed by atoms with Gasteiger partial charge in [-0.25, -0.2) is 14.4 Å². The lowest BCUT2D eigenvalue weighted by atomic mass is 10.3. The number of nitrogens with zero attached hydrogens (tertiary/aromatic N) is 4. The third-order valence-corrected chi connectivity index (χ3v) is 7.11. The molecule has 0 unspecified atom stereocenters. The second kappa shape index (κ2) is 8.71. The summed E-state index contributed by atoms with van der Waals surface area (Å²) >= 11 is 2.71. The van der Waals surface area contributed by atoms with Gasteiger partial charge in [0.05, 0.1) is 28.9 Å². The fraction of sp³-hybridized carbons (Fsp3) is 0.182. The number of halogens is 1.